The van der Waals surface area contributed by atoms with Crippen molar-refractivity contribution in [3.05, 3.63) is 29.8 Å². The zero-order chi connectivity index (χ0) is 13.9. The highest BCUT2D eigenvalue weighted by Crippen LogP contribution is 2.28. The molecule has 1 amide bonds. The number of hydrogen-bond donors (Lipinski definition) is 1. The van der Waals surface area contributed by atoms with Crippen molar-refractivity contribution in [3.8, 4) is 5.75 Å². The Kier molecular flexibility index (Phi) is 3.95. The highest BCUT2D eigenvalue weighted by Gasteiger charge is 2.40. The lowest BCUT2D eigenvalue weighted by Gasteiger charge is -2.20. The molecule has 0 aromatic heterocycles. The molecule has 19 heavy (non-hydrogen) atoms. The zero-order valence-corrected chi connectivity index (χ0v) is 11.3. The molecule has 0 saturated carbocycles. The molecule has 1 aromatic carbocycles. The largest absolute Gasteiger partial charge is 0.496 e. The SMILES string of the molecule is COc1ccccc1CN1CC(C)(CCO)OC1=O. The Morgan fingerprint density at radius 3 is 2.89 bits per heavy atom. The summed E-state index contributed by atoms with van der Waals surface area (Å²) in [6.45, 7) is 2.77. The van der Waals surface area contributed by atoms with Gasteiger partial charge < -0.3 is 14.6 Å². The van der Waals surface area contributed by atoms with Crippen LogP contribution in [-0.2, 0) is 11.3 Å². The molecule has 0 aliphatic carbocycles. The molecule has 5 heteroatoms. The second kappa shape index (κ2) is 5.48. The molecular formula is C14H19NO4. The smallest absolute Gasteiger partial charge is 0.410 e. The Labute approximate surface area is 112 Å². The first-order valence-electron chi connectivity index (χ1n) is 6.29. The maximum atomic E-state index is 11.8. The topological polar surface area (TPSA) is 59.0 Å². The third-order valence-corrected chi connectivity index (χ3v) is 3.31. The number of nitrogens with zero attached hydrogens (tertiary/aromatic N) is 1. The lowest BCUT2D eigenvalue weighted by Crippen LogP contribution is -2.32. The third kappa shape index (κ3) is 2.98. The van der Waals surface area contributed by atoms with Gasteiger partial charge in [0.15, 0.2) is 0 Å². The minimum absolute atomic E-state index is 0.00623. The van der Waals surface area contributed by atoms with Crippen LogP contribution < -0.4 is 4.74 Å². The Hall–Kier alpha value is -1.75. The van der Waals surface area contributed by atoms with Crippen molar-refractivity contribution in [3.63, 3.8) is 0 Å². The van der Waals surface area contributed by atoms with E-state index in [1.54, 1.807) is 12.0 Å². The van der Waals surface area contributed by atoms with E-state index in [2.05, 4.69) is 0 Å². The molecular weight excluding hydrogens is 246 g/mol. The lowest BCUT2D eigenvalue weighted by atomic mass is 10.0. The number of carbonyl (C=O) groups excluding carboxylic acids is 1. The summed E-state index contributed by atoms with van der Waals surface area (Å²) in [4.78, 5) is 13.5. The van der Waals surface area contributed by atoms with Crippen molar-refractivity contribution in [1.82, 2.24) is 4.90 Å². The Balaban J connectivity index is 2.09. The van der Waals surface area contributed by atoms with Crippen LogP contribution in [0.25, 0.3) is 0 Å². The first-order valence-corrected chi connectivity index (χ1v) is 6.29. The summed E-state index contributed by atoms with van der Waals surface area (Å²) in [5.74, 6) is 0.756. The second-order valence-electron chi connectivity index (χ2n) is 4.96. The molecule has 1 aromatic rings. The van der Waals surface area contributed by atoms with E-state index in [-0.39, 0.29) is 12.7 Å². The van der Waals surface area contributed by atoms with E-state index in [1.807, 2.05) is 31.2 Å². The number of amides is 1. The summed E-state index contributed by atoms with van der Waals surface area (Å²) in [7, 11) is 1.61. The Bertz CT molecular complexity index is 463. The minimum atomic E-state index is -0.603. The maximum absolute atomic E-state index is 11.8. The molecule has 1 heterocycles. The van der Waals surface area contributed by atoms with Crippen LogP contribution in [0, 0.1) is 0 Å². The highest BCUT2D eigenvalue weighted by atomic mass is 16.6. The number of methoxy groups -OCH3 is 1. The van der Waals surface area contributed by atoms with Crippen molar-refractivity contribution >= 4 is 6.09 Å². The summed E-state index contributed by atoms with van der Waals surface area (Å²) in [5, 5.41) is 9.01. The summed E-state index contributed by atoms with van der Waals surface area (Å²) in [5.41, 5.74) is 0.337. The number of rotatable bonds is 5. The van der Waals surface area contributed by atoms with E-state index in [0.29, 0.717) is 19.5 Å². The first-order chi connectivity index (χ1) is 9.08. The maximum Gasteiger partial charge on any atom is 0.410 e. The van der Waals surface area contributed by atoms with Gasteiger partial charge in [0, 0.05) is 18.6 Å². The first kappa shape index (κ1) is 13.7. The van der Waals surface area contributed by atoms with Crippen LogP contribution in [0.15, 0.2) is 24.3 Å². The molecule has 5 nitrogen and oxygen atoms in total. The van der Waals surface area contributed by atoms with Gasteiger partial charge in [0.25, 0.3) is 0 Å². The number of cyclic esters (lactones) is 1. The quantitative estimate of drug-likeness (QED) is 0.881. The number of benzene rings is 1. The summed E-state index contributed by atoms with van der Waals surface area (Å²) >= 11 is 0. The van der Waals surface area contributed by atoms with Crippen molar-refractivity contribution in [2.75, 3.05) is 20.3 Å². The molecule has 1 aliphatic rings. The zero-order valence-electron chi connectivity index (χ0n) is 11.3. The highest BCUT2D eigenvalue weighted by molar-refractivity contribution is 5.70. The van der Waals surface area contributed by atoms with Gasteiger partial charge in [0.2, 0.25) is 0 Å². The van der Waals surface area contributed by atoms with Crippen LogP contribution in [0.2, 0.25) is 0 Å². The van der Waals surface area contributed by atoms with E-state index in [0.717, 1.165) is 11.3 Å². The lowest BCUT2D eigenvalue weighted by molar-refractivity contribution is 0.0502. The fraction of sp³-hybridized carbons (Fsp3) is 0.500. The van der Waals surface area contributed by atoms with Crippen molar-refractivity contribution in [2.45, 2.75) is 25.5 Å². The van der Waals surface area contributed by atoms with Gasteiger partial charge in [-0.05, 0) is 13.0 Å². The molecule has 0 bridgehead atoms. The van der Waals surface area contributed by atoms with Gasteiger partial charge in [-0.15, -0.1) is 0 Å². The second-order valence-corrected chi connectivity index (χ2v) is 4.96. The predicted molar refractivity (Wildman–Crippen MR) is 70.0 cm³/mol. The van der Waals surface area contributed by atoms with Gasteiger partial charge in [-0.2, -0.15) is 0 Å². The minimum Gasteiger partial charge on any atom is -0.496 e. The molecule has 1 N–H and O–H groups in total. The third-order valence-electron chi connectivity index (χ3n) is 3.31. The number of hydrogen-bond acceptors (Lipinski definition) is 4. The number of aliphatic hydroxyl groups is 1. The van der Waals surface area contributed by atoms with Gasteiger partial charge in [0.05, 0.1) is 20.2 Å². The van der Waals surface area contributed by atoms with Crippen LogP contribution >= 0.6 is 0 Å². The normalized spacial score (nSPS) is 22.5. The molecule has 1 atom stereocenters. The van der Waals surface area contributed by atoms with Crippen LogP contribution in [-0.4, -0.2) is 42.0 Å². The monoisotopic (exact) mass is 265 g/mol. The fourth-order valence-electron chi connectivity index (χ4n) is 2.30. The van der Waals surface area contributed by atoms with Gasteiger partial charge >= 0.3 is 6.09 Å². The van der Waals surface area contributed by atoms with Crippen LogP contribution in [0.1, 0.15) is 18.9 Å². The predicted octanol–water partition coefficient (Wildman–Crippen LogP) is 1.79. The summed E-state index contributed by atoms with van der Waals surface area (Å²) in [6.07, 6.45) is 0.100. The van der Waals surface area contributed by atoms with Crippen molar-refractivity contribution in [2.24, 2.45) is 0 Å². The molecule has 1 saturated heterocycles. The van der Waals surface area contributed by atoms with Crippen LogP contribution in [0.5, 0.6) is 5.75 Å². The number of para-hydroxylation sites is 1. The number of carbonyl (C=O) groups is 1. The number of ether oxygens (including phenoxy) is 2. The van der Waals surface area contributed by atoms with Crippen molar-refractivity contribution < 1.29 is 19.4 Å². The molecule has 0 spiro atoms. The average Bonchev–Trinajstić information content (AvgIpc) is 2.65. The van der Waals surface area contributed by atoms with Crippen LogP contribution in [0.3, 0.4) is 0 Å². The molecule has 1 unspecified atom stereocenters. The average molecular weight is 265 g/mol. The fourth-order valence-corrected chi connectivity index (χ4v) is 2.30. The van der Waals surface area contributed by atoms with Crippen molar-refractivity contribution in [1.29, 1.82) is 0 Å². The van der Waals surface area contributed by atoms with Gasteiger partial charge in [-0.25, -0.2) is 4.79 Å². The number of aliphatic hydroxyl groups excluding tert-OH is 1. The summed E-state index contributed by atoms with van der Waals surface area (Å²) < 4.78 is 10.6. The molecule has 104 valence electrons. The van der Waals surface area contributed by atoms with E-state index in [9.17, 15) is 4.79 Å². The van der Waals surface area contributed by atoms with E-state index < -0.39 is 5.60 Å². The van der Waals surface area contributed by atoms with Gasteiger partial charge in [0.1, 0.15) is 11.4 Å². The Morgan fingerprint density at radius 2 is 2.21 bits per heavy atom. The van der Waals surface area contributed by atoms with Gasteiger partial charge in [-0.3, -0.25) is 4.90 Å². The van der Waals surface area contributed by atoms with Gasteiger partial charge in [-0.1, -0.05) is 18.2 Å². The molecule has 2 rings (SSSR count). The van der Waals surface area contributed by atoms with E-state index in [1.165, 1.54) is 0 Å². The summed E-state index contributed by atoms with van der Waals surface area (Å²) in [6, 6.07) is 7.59. The molecule has 0 radical (unpaired) electrons. The van der Waals surface area contributed by atoms with Crippen LogP contribution in [0.4, 0.5) is 4.79 Å². The van der Waals surface area contributed by atoms with E-state index in [4.69, 9.17) is 14.6 Å². The molecule has 1 fully saturated rings. The Morgan fingerprint density at radius 1 is 1.47 bits per heavy atom. The van der Waals surface area contributed by atoms with E-state index >= 15 is 0 Å². The standard InChI is InChI=1S/C14H19NO4/c1-14(7-8-16)10-15(13(17)19-14)9-11-5-3-4-6-12(11)18-2/h3-6,16H,7-10H2,1-2H3. The molecule has 1 aliphatic heterocycles.